The summed E-state index contributed by atoms with van der Waals surface area (Å²) in [6.45, 7) is 1.96. The van der Waals surface area contributed by atoms with Gasteiger partial charge in [0.1, 0.15) is 11.9 Å². The van der Waals surface area contributed by atoms with Gasteiger partial charge in [-0.3, -0.25) is 19.7 Å². The number of fused-ring (bicyclic) bond motifs is 1. The Morgan fingerprint density at radius 1 is 1.30 bits per heavy atom. The van der Waals surface area contributed by atoms with Crippen molar-refractivity contribution < 1.29 is 18.8 Å². The largest absolute Gasteiger partial charge is 0.322 e. The van der Waals surface area contributed by atoms with Crippen molar-refractivity contribution in [3.63, 3.8) is 0 Å². The number of halogens is 1. The molecular weight excluding hydrogens is 263 g/mol. The zero-order valence-electron chi connectivity index (χ0n) is 10.9. The molecule has 2 aliphatic rings. The molecule has 104 valence electrons. The molecule has 2 aliphatic heterocycles. The normalized spacial score (nSPS) is 22.0. The minimum atomic E-state index is -0.702. The highest BCUT2D eigenvalue weighted by Crippen LogP contribution is 2.29. The summed E-state index contributed by atoms with van der Waals surface area (Å²) in [6.07, 6.45) is 0.475. The molecule has 1 aromatic carbocycles. The van der Waals surface area contributed by atoms with Gasteiger partial charge in [0.05, 0.1) is 5.56 Å². The second-order valence-corrected chi connectivity index (χ2v) is 5.18. The number of aryl methyl sites for hydroxylation is 1. The first kappa shape index (κ1) is 12.8. The van der Waals surface area contributed by atoms with E-state index < -0.39 is 23.7 Å². The third kappa shape index (κ3) is 1.88. The molecule has 2 heterocycles. The van der Waals surface area contributed by atoms with Crippen LogP contribution in [-0.4, -0.2) is 28.7 Å². The van der Waals surface area contributed by atoms with Crippen LogP contribution in [0.25, 0.3) is 0 Å². The fourth-order valence-corrected chi connectivity index (χ4v) is 2.81. The molecule has 5 nitrogen and oxygen atoms in total. The molecule has 1 atom stereocenters. The minimum absolute atomic E-state index is 0.0419. The molecule has 1 N–H and O–H groups in total. The minimum Gasteiger partial charge on any atom is -0.322 e. The van der Waals surface area contributed by atoms with E-state index in [-0.39, 0.29) is 30.9 Å². The maximum absolute atomic E-state index is 13.9. The van der Waals surface area contributed by atoms with Crippen molar-refractivity contribution in [2.45, 2.75) is 32.4 Å². The topological polar surface area (TPSA) is 66.5 Å². The van der Waals surface area contributed by atoms with Crippen LogP contribution in [0, 0.1) is 12.7 Å². The first-order valence-electron chi connectivity index (χ1n) is 6.41. The Kier molecular flexibility index (Phi) is 2.81. The van der Waals surface area contributed by atoms with Gasteiger partial charge in [-0.2, -0.15) is 0 Å². The highest BCUT2D eigenvalue weighted by atomic mass is 19.1. The van der Waals surface area contributed by atoms with Crippen LogP contribution in [0.5, 0.6) is 0 Å². The summed E-state index contributed by atoms with van der Waals surface area (Å²) in [5.41, 5.74) is 1.37. The summed E-state index contributed by atoms with van der Waals surface area (Å²) >= 11 is 0. The predicted molar refractivity (Wildman–Crippen MR) is 67.2 cm³/mol. The highest BCUT2D eigenvalue weighted by Gasteiger charge is 2.40. The van der Waals surface area contributed by atoms with E-state index in [1.807, 2.05) is 0 Å². The van der Waals surface area contributed by atoms with E-state index in [0.717, 1.165) is 5.56 Å². The summed E-state index contributed by atoms with van der Waals surface area (Å²) in [5, 5.41) is 2.21. The molecular formula is C14H13FN2O3. The average molecular weight is 276 g/mol. The van der Waals surface area contributed by atoms with E-state index in [0.29, 0.717) is 5.56 Å². The number of nitrogens with one attached hydrogen (secondary N) is 1. The van der Waals surface area contributed by atoms with Gasteiger partial charge in [0.15, 0.2) is 0 Å². The summed E-state index contributed by atoms with van der Waals surface area (Å²) in [5.74, 6) is -1.86. The van der Waals surface area contributed by atoms with Gasteiger partial charge in [-0.25, -0.2) is 4.39 Å². The van der Waals surface area contributed by atoms with E-state index >= 15 is 0 Å². The Morgan fingerprint density at radius 3 is 2.75 bits per heavy atom. The van der Waals surface area contributed by atoms with E-state index in [9.17, 15) is 18.8 Å². The number of nitrogens with zero attached hydrogens (tertiary/aromatic N) is 1. The third-order valence-electron chi connectivity index (χ3n) is 3.72. The van der Waals surface area contributed by atoms with Crippen LogP contribution in [0.1, 0.15) is 34.3 Å². The van der Waals surface area contributed by atoms with E-state index in [4.69, 9.17) is 0 Å². The van der Waals surface area contributed by atoms with Crippen LogP contribution in [0.3, 0.4) is 0 Å². The number of hydrogen-bond acceptors (Lipinski definition) is 3. The van der Waals surface area contributed by atoms with Crippen LogP contribution in [-0.2, 0) is 16.1 Å². The SMILES string of the molecule is Cc1cc(F)c2c(c1)CN([C@H]1CCC(=O)NC1=O)C2=O. The predicted octanol–water partition coefficient (Wildman–Crippen LogP) is 0.895. The summed E-state index contributed by atoms with van der Waals surface area (Å²) < 4.78 is 13.9. The Balaban J connectivity index is 1.92. The van der Waals surface area contributed by atoms with Crippen LogP contribution in [0.2, 0.25) is 0 Å². The molecule has 20 heavy (non-hydrogen) atoms. The maximum atomic E-state index is 13.9. The van der Waals surface area contributed by atoms with Crippen molar-refractivity contribution >= 4 is 17.7 Å². The van der Waals surface area contributed by atoms with Crippen LogP contribution < -0.4 is 5.32 Å². The number of piperidine rings is 1. The lowest BCUT2D eigenvalue weighted by atomic mass is 10.0. The van der Waals surface area contributed by atoms with Gasteiger partial charge in [0.2, 0.25) is 11.8 Å². The van der Waals surface area contributed by atoms with Gasteiger partial charge in [-0.1, -0.05) is 6.07 Å². The second-order valence-electron chi connectivity index (χ2n) is 5.18. The maximum Gasteiger partial charge on any atom is 0.258 e. The number of hydrogen-bond donors (Lipinski definition) is 1. The second kappa shape index (κ2) is 4.40. The Morgan fingerprint density at radius 2 is 2.05 bits per heavy atom. The van der Waals surface area contributed by atoms with Gasteiger partial charge in [-0.15, -0.1) is 0 Å². The lowest BCUT2D eigenvalue weighted by molar-refractivity contribution is -0.136. The lowest BCUT2D eigenvalue weighted by Crippen LogP contribution is -2.52. The van der Waals surface area contributed by atoms with Gasteiger partial charge < -0.3 is 4.90 Å². The molecule has 0 aromatic heterocycles. The molecule has 0 radical (unpaired) electrons. The van der Waals surface area contributed by atoms with E-state index in [1.54, 1.807) is 13.0 Å². The summed E-state index contributed by atoms with van der Waals surface area (Å²) in [4.78, 5) is 36.6. The molecule has 0 aliphatic carbocycles. The van der Waals surface area contributed by atoms with Crippen molar-refractivity contribution in [2.24, 2.45) is 0 Å². The average Bonchev–Trinajstić information content (AvgIpc) is 2.66. The van der Waals surface area contributed by atoms with Crippen molar-refractivity contribution in [3.05, 3.63) is 34.6 Å². The first-order chi connectivity index (χ1) is 9.47. The molecule has 1 fully saturated rings. The molecule has 6 heteroatoms. The van der Waals surface area contributed by atoms with E-state index in [1.165, 1.54) is 11.0 Å². The molecule has 1 aromatic rings. The number of imide groups is 1. The molecule has 0 spiro atoms. The first-order valence-corrected chi connectivity index (χ1v) is 6.41. The Bertz CT molecular complexity index is 642. The molecule has 3 rings (SSSR count). The van der Waals surface area contributed by atoms with Gasteiger partial charge in [-0.05, 0) is 30.5 Å². The van der Waals surface area contributed by atoms with Gasteiger partial charge in [0, 0.05) is 13.0 Å². The van der Waals surface area contributed by atoms with Crippen LogP contribution >= 0.6 is 0 Å². The van der Waals surface area contributed by atoms with Crippen molar-refractivity contribution in [2.75, 3.05) is 0 Å². The Hall–Kier alpha value is -2.24. The van der Waals surface area contributed by atoms with Gasteiger partial charge in [0.25, 0.3) is 5.91 Å². The number of amides is 3. The lowest BCUT2D eigenvalue weighted by Gasteiger charge is -2.29. The Labute approximate surface area is 114 Å². The molecule has 3 amide bonds. The molecule has 0 saturated carbocycles. The summed E-state index contributed by atoms with van der Waals surface area (Å²) in [6, 6.07) is 2.36. The fourth-order valence-electron chi connectivity index (χ4n) is 2.81. The zero-order chi connectivity index (χ0) is 14.4. The third-order valence-corrected chi connectivity index (χ3v) is 3.72. The van der Waals surface area contributed by atoms with Crippen molar-refractivity contribution in [1.29, 1.82) is 0 Å². The molecule has 0 bridgehead atoms. The zero-order valence-corrected chi connectivity index (χ0v) is 10.9. The van der Waals surface area contributed by atoms with Gasteiger partial charge >= 0.3 is 0 Å². The smallest absolute Gasteiger partial charge is 0.258 e. The number of carbonyl (C=O) groups excluding carboxylic acids is 3. The van der Waals surface area contributed by atoms with Crippen molar-refractivity contribution in [1.82, 2.24) is 10.2 Å². The van der Waals surface area contributed by atoms with Crippen LogP contribution in [0.4, 0.5) is 4.39 Å². The molecule has 1 saturated heterocycles. The standard InChI is InChI=1S/C14H13FN2O3/c1-7-4-8-6-17(14(20)12(8)9(15)5-7)10-2-3-11(18)16-13(10)19/h4-5,10H,2-3,6H2,1H3,(H,16,18,19)/t10-/m0/s1. The number of rotatable bonds is 1. The fraction of sp³-hybridized carbons (Fsp3) is 0.357. The number of benzene rings is 1. The highest BCUT2D eigenvalue weighted by molar-refractivity contribution is 6.05. The summed E-state index contributed by atoms with van der Waals surface area (Å²) in [7, 11) is 0. The van der Waals surface area contributed by atoms with Crippen molar-refractivity contribution in [3.8, 4) is 0 Å². The van der Waals surface area contributed by atoms with E-state index in [2.05, 4.69) is 5.32 Å². The number of carbonyl (C=O) groups is 3. The monoisotopic (exact) mass is 276 g/mol. The molecule has 0 unspecified atom stereocenters. The quantitative estimate of drug-likeness (QED) is 0.775. The van der Waals surface area contributed by atoms with Crippen LogP contribution in [0.15, 0.2) is 12.1 Å².